The molecule has 0 saturated carbocycles. The van der Waals surface area contributed by atoms with Gasteiger partial charge in [0.1, 0.15) is 0 Å². The maximum absolute atomic E-state index is 5.03. The average Bonchev–Trinajstić information content (AvgIpc) is 2.59. The van der Waals surface area contributed by atoms with Gasteiger partial charge in [-0.15, -0.1) is 0 Å². The van der Waals surface area contributed by atoms with Crippen LogP contribution >= 0.6 is 0 Å². The van der Waals surface area contributed by atoms with Crippen LogP contribution in [0.2, 0.25) is 0 Å². The number of aryl methyl sites for hydroxylation is 1. The highest BCUT2D eigenvalue weighted by molar-refractivity contribution is 5.27. The summed E-state index contributed by atoms with van der Waals surface area (Å²) < 4.78 is 7.46. The second kappa shape index (κ2) is 6.82. The van der Waals surface area contributed by atoms with E-state index >= 15 is 0 Å². The Bertz CT molecular complexity index is 344. The van der Waals surface area contributed by atoms with Crippen molar-refractivity contribution in [2.45, 2.75) is 46.7 Å². The van der Waals surface area contributed by atoms with Gasteiger partial charge in [-0.1, -0.05) is 6.92 Å². The van der Waals surface area contributed by atoms with Crippen molar-refractivity contribution in [3.8, 4) is 0 Å². The third-order valence-corrected chi connectivity index (χ3v) is 3.42. The third kappa shape index (κ3) is 3.58. The monoisotopic (exact) mass is 238 g/mol. The molecule has 0 aliphatic heterocycles. The summed E-state index contributed by atoms with van der Waals surface area (Å²) in [5.74, 6) is 0. The first-order chi connectivity index (χ1) is 8.11. The van der Waals surface area contributed by atoms with Crippen LogP contribution in [0.25, 0.3) is 0 Å². The highest BCUT2D eigenvalue weighted by atomic mass is 16.5. The predicted molar refractivity (Wildman–Crippen MR) is 72.5 cm³/mol. The largest absolute Gasteiger partial charge is 0.383 e. The first kappa shape index (κ1) is 14.3. The van der Waals surface area contributed by atoms with Crippen molar-refractivity contribution in [2.24, 2.45) is 0 Å². The number of hydrogen-bond donors (Lipinski definition) is 1. The SMILES string of the molecule is CC[C@@H](C)n1c(C)cc(CNCCOC)c1C. The Morgan fingerprint density at radius 3 is 2.71 bits per heavy atom. The smallest absolute Gasteiger partial charge is 0.0587 e. The number of hydrogen-bond acceptors (Lipinski definition) is 2. The maximum Gasteiger partial charge on any atom is 0.0587 e. The van der Waals surface area contributed by atoms with Crippen LogP contribution in [0.15, 0.2) is 6.07 Å². The van der Waals surface area contributed by atoms with Gasteiger partial charge in [-0.3, -0.25) is 0 Å². The van der Waals surface area contributed by atoms with E-state index in [0.717, 1.165) is 19.7 Å². The zero-order valence-electron chi connectivity index (χ0n) is 11.8. The molecule has 1 N–H and O–H groups in total. The molecule has 0 aliphatic carbocycles. The van der Waals surface area contributed by atoms with E-state index in [1.54, 1.807) is 7.11 Å². The lowest BCUT2D eigenvalue weighted by Crippen LogP contribution is -2.19. The van der Waals surface area contributed by atoms with Crippen LogP contribution in [0.5, 0.6) is 0 Å². The average molecular weight is 238 g/mol. The van der Waals surface area contributed by atoms with Crippen molar-refractivity contribution >= 4 is 0 Å². The molecule has 0 aromatic carbocycles. The fourth-order valence-corrected chi connectivity index (χ4v) is 2.28. The summed E-state index contributed by atoms with van der Waals surface area (Å²) in [5.41, 5.74) is 4.15. The highest BCUT2D eigenvalue weighted by Crippen LogP contribution is 2.21. The number of methoxy groups -OCH3 is 1. The van der Waals surface area contributed by atoms with E-state index in [1.807, 2.05) is 0 Å². The van der Waals surface area contributed by atoms with Crippen LogP contribution in [-0.2, 0) is 11.3 Å². The highest BCUT2D eigenvalue weighted by Gasteiger charge is 2.12. The second-order valence-corrected chi connectivity index (χ2v) is 4.69. The van der Waals surface area contributed by atoms with Crippen LogP contribution in [0.4, 0.5) is 0 Å². The molecule has 0 amide bonds. The number of aromatic nitrogens is 1. The predicted octanol–water partition coefficient (Wildman–Crippen LogP) is 2.81. The molecule has 98 valence electrons. The molecule has 3 heteroatoms. The molecule has 17 heavy (non-hydrogen) atoms. The fraction of sp³-hybridized carbons (Fsp3) is 0.714. The summed E-state index contributed by atoms with van der Waals surface area (Å²) in [6.45, 7) is 11.5. The van der Waals surface area contributed by atoms with Crippen LogP contribution in [0.3, 0.4) is 0 Å². The first-order valence-electron chi connectivity index (χ1n) is 6.48. The molecule has 0 unspecified atom stereocenters. The lowest BCUT2D eigenvalue weighted by Gasteiger charge is -2.17. The van der Waals surface area contributed by atoms with Crippen molar-refractivity contribution in [1.29, 1.82) is 0 Å². The van der Waals surface area contributed by atoms with Crippen molar-refractivity contribution in [1.82, 2.24) is 9.88 Å². The molecule has 1 aromatic rings. The minimum absolute atomic E-state index is 0.586. The maximum atomic E-state index is 5.03. The van der Waals surface area contributed by atoms with Gasteiger partial charge in [-0.25, -0.2) is 0 Å². The summed E-state index contributed by atoms with van der Waals surface area (Å²) in [6, 6.07) is 2.88. The van der Waals surface area contributed by atoms with E-state index in [-0.39, 0.29) is 0 Å². The molecule has 1 atom stereocenters. The lowest BCUT2D eigenvalue weighted by molar-refractivity contribution is 0.199. The fourth-order valence-electron chi connectivity index (χ4n) is 2.28. The van der Waals surface area contributed by atoms with Gasteiger partial charge in [0.25, 0.3) is 0 Å². The van der Waals surface area contributed by atoms with Gasteiger partial charge in [0.15, 0.2) is 0 Å². The summed E-state index contributed by atoms with van der Waals surface area (Å²) >= 11 is 0. The Hall–Kier alpha value is -0.800. The van der Waals surface area contributed by atoms with Gasteiger partial charge in [-0.05, 0) is 38.8 Å². The van der Waals surface area contributed by atoms with Gasteiger partial charge in [0, 0.05) is 37.6 Å². The van der Waals surface area contributed by atoms with Crippen LogP contribution in [0.1, 0.15) is 43.3 Å². The second-order valence-electron chi connectivity index (χ2n) is 4.69. The number of nitrogens with one attached hydrogen (secondary N) is 1. The van der Waals surface area contributed by atoms with Gasteiger partial charge < -0.3 is 14.6 Å². The Morgan fingerprint density at radius 2 is 2.12 bits per heavy atom. The van der Waals surface area contributed by atoms with E-state index in [0.29, 0.717) is 6.04 Å². The molecule has 1 heterocycles. The zero-order valence-corrected chi connectivity index (χ0v) is 11.8. The Labute approximate surface area is 105 Å². The number of rotatable bonds is 7. The zero-order chi connectivity index (χ0) is 12.8. The van der Waals surface area contributed by atoms with E-state index < -0.39 is 0 Å². The minimum atomic E-state index is 0.586. The van der Waals surface area contributed by atoms with Crippen LogP contribution in [-0.4, -0.2) is 24.8 Å². The molecule has 3 nitrogen and oxygen atoms in total. The quantitative estimate of drug-likeness (QED) is 0.739. The molecule has 0 spiro atoms. The Balaban J connectivity index is 2.68. The Kier molecular flexibility index (Phi) is 5.72. The summed E-state index contributed by atoms with van der Waals surface area (Å²) in [5, 5.41) is 3.40. The van der Waals surface area contributed by atoms with Gasteiger partial charge >= 0.3 is 0 Å². The number of ether oxygens (including phenoxy) is 1. The van der Waals surface area contributed by atoms with E-state index in [1.165, 1.54) is 23.4 Å². The molecule has 1 aromatic heterocycles. The van der Waals surface area contributed by atoms with Crippen molar-refractivity contribution in [3.63, 3.8) is 0 Å². The standard InChI is InChI=1S/C14H26N2O/c1-6-11(2)16-12(3)9-14(13(16)4)10-15-7-8-17-5/h9,11,15H,6-8,10H2,1-5H3/t11-/m1/s1. The summed E-state index contributed by atoms with van der Waals surface area (Å²) in [4.78, 5) is 0. The normalized spacial score (nSPS) is 13.0. The number of nitrogens with zero attached hydrogens (tertiary/aromatic N) is 1. The molecule has 1 rings (SSSR count). The molecular weight excluding hydrogens is 212 g/mol. The molecule has 0 fully saturated rings. The van der Waals surface area contributed by atoms with Crippen LogP contribution in [0, 0.1) is 13.8 Å². The molecule has 0 radical (unpaired) electrons. The molecule has 0 saturated heterocycles. The molecular formula is C14H26N2O. The first-order valence-corrected chi connectivity index (χ1v) is 6.48. The van der Waals surface area contributed by atoms with Crippen molar-refractivity contribution in [2.75, 3.05) is 20.3 Å². The van der Waals surface area contributed by atoms with E-state index in [2.05, 4.69) is 43.6 Å². The van der Waals surface area contributed by atoms with Crippen LogP contribution < -0.4 is 5.32 Å². The lowest BCUT2D eigenvalue weighted by atomic mass is 10.2. The molecule has 0 bridgehead atoms. The molecule has 0 aliphatic rings. The van der Waals surface area contributed by atoms with E-state index in [4.69, 9.17) is 4.74 Å². The van der Waals surface area contributed by atoms with Crippen molar-refractivity contribution in [3.05, 3.63) is 23.0 Å². The summed E-state index contributed by atoms with van der Waals surface area (Å²) in [7, 11) is 1.73. The van der Waals surface area contributed by atoms with E-state index in [9.17, 15) is 0 Å². The van der Waals surface area contributed by atoms with Crippen molar-refractivity contribution < 1.29 is 4.74 Å². The Morgan fingerprint density at radius 1 is 1.41 bits per heavy atom. The van der Waals surface area contributed by atoms with Gasteiger partial charge in [-0.2, -0.15) is 0 Å². The van der Waals surface area contributed by atoms with Gasteiger partial charge in [0.2, 0.25) is 0 Å². The minimum Gasteiger partial charge on any atom is -0.383 e. The van der Waals surface area contributed by atoms with Gasteiger partial charge in [0.05, 0.1) is 6.61 Å². The topological polar surface area (TPSA) is 26.2 Å². The summed E-state index contributed by atoms with van der Waals surface area (Å²) in [6.07, 6.45) is 1.17. The third-order valence-electron chi connectivity index (χ3n) is 3.42.